The molecule has 2 aromatic heterocycles. The molecule has 9 heteroatoms. The molecule has 32 heavy (non-hydrogen) atoms. The zero-order valence-electron chi connectivity index (χ0n) is 18.1. The normalized spacial score (nSPS) is 16.9. The number of carbonyl (C=O) groups is 2. The van der Waals surface area contributed by atoms with Crippen LogP contribution in [-0.2, 0) is 17.8 Å². The van der Waals surface area contributed by atoms with Gasteiger partial charge in [-0.2, -0.15) is 10.2 Å². The number of fused-ring (bicyclic) bond motifs is 1. The Hall–Kier alpha value is -4.01. The first-order valence-electron chi connectivity index (χ1n) is 10.5. The fourth-order valence-electron chi connectivity index (χ4n) is 3.65. The monoisotopic (exact) mass is 431 g/mol. The molecule has 9 nitrogen and oxygen atoms in total. The predicted octanol–water partition coefficient (Wildman–Crippen LogP) is 2.60. The van der Waals surface area contributed by atoms with E-state index in [2.05, 4.69) is 69.3 Å². The predicted molar refractivity (Wildman–Crippen MR) is 120 cm³/mol. The van der Waals surface area contributed by atoms with Crippen LogP contribution in [0.15, 0.2) is 55.5 Å². The van der Waals surface area contributed by atoms with Gasteiger partial charge in [-0.25, -0.2) is 4.79 Å². The summed E-state index contributed by atoms with van der Waals surface area (Å²) in [7, 11) is 0. The second kappa shape index (κ2) is 9.01. The van der Waals surface area contributed by atoms with Gasteiger partial charge in [0.1, 0.15) is 11.4 Å². The number of pyridine rings is 1. The standard InChI is InChI=1S/C13H17N.C10H8N6O2/c1-4-11-6-7-12-9-14(5-2)10(3)13(12)8-11;17-9-8(13-10(18)14-9)7-5-12-16(15-7)6-2-1-3-11-4-6/h6-8H,3-5,9H2,1-2H3;1-5,8H,(H2,13,14,17,18). The number of urea groups is 1. The lowest BCUT2D eigenvalue weighted by atomic mass is 10.0. The molecule has 1 atom stereocenters. The van der Waals surface area contributed by atoms with Crippen molar-refractivity contribution in [3.63, 3.8) is 0 Å². The van der Waals surface area contributed by atoms with Gasteiger partial charge in [0, 0.05) is 30.5 Å². The molecule has 0 saturated carbocycles. The minimum atomic E-state index is -0.789. The molecule has 0 radical (unpaired) electrons. The first-order valence-corrected chi connectivity index (χ1v) is 10.5. The lowest BCUT2D eigenvalue weighted by Gasteiger charge is -2.15. The number of rotatable bonds is 4. The number of hydrogen-bond acceptors (Lipinski definition) is 6. The Morgan fingerprint density at radius 2 is 2.03 bits per heavy atom. The van der Waals surface area contributed by atoms with Crippen molar-refractivity contribution >= 4 is 17.6 Å². The molecular weight excluding hydrogens is 406 g/mol. The van der Waals surface area contributed by atoms with Crippen LogP contribution in [0.2, 0.25) is 0 Å². The largest absolute Gasteiger partial charge is 0.367 e. The highest BCUT2D eigenvalue weighted by Crippen LogP contribution is 2.31. The zero-order valence-corrected chi connectivity index (χ0v) is 18.1. The molecule has 3 amide bonds. The van der Waals surface area contributed by atoms with Gasteiger partial charge < -0.3 is 10.2 Å². The minimum Gasteiger partial charge on any atom is -0.367 e. The summed E-state index contributed by atoms with van der Waals surface area (Å²) in [6.45, 7) is 10.6. The molecule has 2 aliphatic rings. The van der Waals surface area contributed by atoms with Gasteiger partial charge in [0.15, 0.2) is 6.04 Å². The van der Waals surface area contributed by atoms with Crippen LogP contribution in [0, 0.1) is 0 Å². The van der Waals surface area contributed by atoms with E-state index in [-0.39, 0.29) is 0 Å². The molecule has 2 aliphatic heterocycles. The Kier molecular flexibility index (Phi) is 5.98. The van der Waals surface area contributed by atoms with Crippen LogP contribution in [0.3, 0.4) is 0 Å². The van der Waals surface area contributed by atoms with Gasteiger partial charge in [-0.3, -0.25) is 15.1 Å². The van der Waals surface area contributed by atoms with Crippen molar-refractivity contribution in [3.05, 3.63) is 77.9 Å². The molecular formula is C23H25N7O2. The van der Waals surface area contributed by atoms with E-state index in [9.17, 15) is 9.59 Å². The van der Waals surface area contributed by atoms with Crippen LogP contribution >= 0.6 is 0 Å². The quantitative estimate of drug-likeness (QED) is 0.615. The number of amides is 3. The number of nitrogens with one attached hydrogen (secondary N) is 2. The average Bonchev–Trinajstić information content (AvgIpc) is 3.51. The second-order valence-electron chi connectivity index (χ2n) is 7.47. The van der Waals surface area contributed by atoms with Gasteiger partial charge in [-0.1, -0.05) is 25.6 Å². The SMILES string of the molecule is C=C1c2cc(CC)ccc2CN1CC.O=C1NC(=O)C(c2cnn(-c3cccnc3)n2)N1. The number of carbonyl (C=O) groups excluding carboxylic acids is 2. The summed E-state index contributed by atoms with van der Waals surface area (Å²) >= 11 is 0. The van der Waals surface area contributed by atoms with E-state index in [0.717, 1.165) is 19.5 Å². The summed E-state index contributed by atoms with van der Waals surface area (Å²) in [5.41, 5.74) is 6.43. The Morgan fingerprint density at radius 3 is 2.69 bits per heavy atom. The summed E-state index contributed by atoms with van der Waals surface area (Å²) in [5.74, 6) is -0.432. The Morgan fingerprint density at radius 1 is 1.19 bits per heavy atom. The number of hydrogen-bond donors (Lipinski definition) is 2. The third kappa shape index (κ3) is 4.22. The van der Waals surface area contributed by atoms with Gasteiger partial charge in [0.05, 0.1) is 12.4 Å². The van der Waals surface area contributed by atoms with Crippen LogP contribution in [0.25, 0.3) is 11.4 Å². The highest BCUT2D eigenvalue weighted by molar-refractivity contribution is 6.04. The molecule has 5 rings (SSSR count). The topological polar surface area (TPSA) is 105 Å². The van der Waals surface area contributed by atoms with Crippen molar-refractivity contribution < 1.29 is 9.59 Å². The van der Waals surface area contributed by atoms with Gasteiger partial charge >= 0.3 is 6.03 Å². The van der Waals surface area contributed by atoms with E-state index in [1.807, 2.05) is 0 Å². The summed E-state index contributed by atoms with van der Waals surface area (Å²) in [4.78, 5) is 30.1. The Balaban J connectivity index is 0.000000158. The molecule has 0 spiro atoms. The number of nitrogens with zero attached hydrogens (tertiary/aromatic N) is 5. The summed E-state index contributed by atoms with van der Waals surface area (Å²) in [6, 6.07) is 8.98. The second-order valence-corrected chi connectivity index (χ2v) is 7.47. The lowest BCUT2D eigenvalue weighted by Crippen LogP contribution is -2.22. The fourth-order valence-corrected chi connectivity index (χ4v) is 3.65. The van der Waals surface area contributed by atoms with Crippen molar-refractivity contribution in [2.45, 2.75) is 32.9 Å². The van der Waals surface area contributed by atoms with Crippen molar-refractivity contribution in [2.24, 2.45) is 0 Å². The van der Waals surface area contributed by atoms with Gasteiger partial charge in [0.25, 0.3) is 5.91 Å². The van der Waals surface area contributed by atoms with Gasteiger partial charge in [-0.15, -0.1) is 4.80 Å². The zero-order chi connectivity index (χ0) is 22.7. The van der Waals surface area contributed by atoms with Crippen LogP contribution in [0.5, 0.6) is 0 Å². The molecule has 2 N–H and O–H groups in total. The summed E-state index contributed by atoms with van der Waals surface area (Å²) < 4.78 is 0. The maximum absolute atomic E-state index is 11.4. The highest BCUT2D eigenvalue weighted by atomic mass is 16.2. The third-order valence-corrected chi connectivity index (χ3v) is 5.47. The third-order valence-electron chi connectivity index (χ3n) is 5.47. The van der Waals surface area contributed by atoms with E-state index < -0.39 is 18.0 Å². The van der Waals surface area contributed by atoms with Crippen molar-refractivity contribution in [1.29, 1.82) is 0 Å². The maximum Gasteiger partial charge on any atom is 0.322 e. The molecule has 0 bridgehead atoms. The molecule has 0 aliphatic carbocycles. The van der Waals surface area contributed by atoms with E-state index in [0.29, 0.717) is 11.4 Å². The Bertz CT molecular complexity index is 1160. The molecule has 1 unspecified atom stereocenters. The molecule has 4 heterocycles. The lowest BCUT2D eigenvalue weighted by molar-refractivity contribution is -0.120. The average molecular weight is 432 g/mol. The first kappa shape index (κ1) is 21.2. The van der Waals surface area contributed by atoms with Crippen molar-refractivity contribution in [3.8, 4) is 5.69 Å². The summed E-state index contributed by atoms with van der Waals surface area (Å²) in [6.07, 6.45) is 5.77. The summed E-state index contributed by atoms with van der Waals surface area (Å²) in [5, 5.41) is 12.8. The van der Waals surface area contributed by atoms with Gasteiger partial charge in [0.2, 0.25) is 0 Å². The maximum atomic E-state index is 11.4. The molecule has 3 aromatic rings. The minimum absolute atomic E-state index is 0.377. The number of imide groups is 1. The Labute approximate surface area is 186 Å². The van der Waals surface area contributed by atoms with Gasteiger partial charge in [-0.05, 0) is 42.7 Å². The molecule has 1 aromatic carbocycles. The van der Waals surface area contributed by atoms with E-state index in [1.165, 1.54) is 33.4 Å². The van der Waals surface area contributed by atoms with E-state index >= 15 is 0 Å². The molecule has 1 saturated heterocycles. The van der Waals surface area contributed by atoms with Crippen LogP contribution in [0.1, 0.15) is 42.3 Å². The number of aromatic nitrogens is 4. The number of aryl methyl sites for hydroxylation is 1. The number of benzene rings is 1. The van der Waals surface area contributed by atoms with E-state index in [1.54, 1.807) is 24.5 Å². The van der Waals surface area contributed by atoms with Crippen LogP contribution < -0.4 is 10.6 Å². The van der Waals surface area contributed by atoms with Crippen molar-refractivity contribution in [2.75, 3.05) is 6.54 Å². The fraction of sp³-hybridized carbons (Fsp3) is 0.261. The highest BCUT2D eigenvalue weighted by Gasteiger charge is 2.33. The molecule has 164 valence electrons. The van der Waals surface area contributed by atoms with Crippen LogP contribution in [0.4, 0.5) is 4.79 Å². The smallest absolute Gasteiger partial charge is 0.322 e. The first-order chi connectivity index (χ1) is 15.5. The van der Waals surface area contributed by atoms with Crippen LogP contribution in [-0.4, -0.2) is 43.4 Å². The molecule has 1 fully saturated rings. The van der Waals surface area contributed by atoms with Crippen molar-refractivity contribution in [1.82, 2.24) is 35.5 Å². The van der Waals surface area contributed by atoms with E-state index in [4.69, 9.17) is 0 Å².